The summed E-state index contributed by atoms with van der Waals surface area (Å²) in [7, 11) is 0. The van der Waals surface area contributed by atoms with Crippen LogP contribution in [0.2, 0.25) is 0 Å². The van der Waals surface area contributed by atoms with Gasteiger partial charge in [0.05, 0.1) is 5.56 Å². The van der Waals surface area contributed by atoms with Gasteiger partial charge in [0.1, 0.15) is 0 Å². The van der Waals surface area contributed by atoms with Crippen LogP contribution in [0.4, 0.5) is 13.2 Å². The van der Waals surface area contributed by atoms with Crippen LogP contribution in [0.3, 0.4) is 0 Å². The van der Waals surface area contributed by atoms with Crippen molar-refractivity contribution in [3.63, 3.8) is 0 Å². The maximum absolute atomic E-state index is 13.6. The molecule has 2 aromatic rings. The number of nitrogens with one attached hydrogen (secondary N) is 1. The topological polar surface area (TPSA) is 34.0 Å². The molecule has 1 saturated carbocycles. The SMILES string of the molecule is Cc1cc(CNC(=O)c2ccc(F)c(F)c2F)c(C)n1C1CC1. The lowest BCUT2D eigenvalue weighted by molar-refractivity contribution is 0.0945. The molecule has 0 radical (unpaired) electrons. The maximum atomic E-state index is 13.6. The fraction of sp³-hybridized carbons (Fsp3) is 0.353. The van der Waals surface area contributed by atoms with Crippen LogP contribution in [0.15, 0.2) is 18.2 Å². The van der Waals surface area contributed by atoms with Gasteiger partial charge in [-0.15, -0.1) is 0 Å². The molecule has 122 valence electrons. The molecule has 1 aliphatic rings. The quantitative estimate of drug-likeness (QED) is 0.854. The number of hydrogen-bond donors (Lipinski definition) is 1. The number of aryl methyl sites for hydroxylation is 1. The minimum absolute atomic E-state index is 0.212. The Morgan fingerprint density at radius 2 is 1.91 bits per heavy atom. The van der Waals surface area contributed by atoms with Crippen molar-refractivity contribution in [1.82, 2.24) is 9.88 Å². The summed E-state index contributed by atoms with van der Waals surface area (Å²) in [6.07, 6.45) is 2.31. The van der Waals surface area contributed by atoms with Crippen LogP contribution in [0, 0.1) is 31.3 Å². The number of amides is 1. The summed E-state index contributed by atoms with van der Waals surface area (Å²) in [6, 6.07) is 4.20. The van der Waals surface area contributed by atoms with Crippen molar-refractivity contribution in [3.8, 4) is 0 Å². The zero-order valence-corrected chi connectivity index (χ0v) is 12.9. The summed E-state index contributed by atoms with van der Waals surface area (Å²) in [4.78, 5) is 12.0. The molecule has 3 nitrogen and oxygen atoms in total. The standard InChI is InChI=1S/C17H17F3N2O/c1-9-7-11(10(2)22(9)12-3-4-12)8-21-17(23)13-5-6-14(18)16(20)15(13)19/h5-7,12H,3-4,8H2,1-2H3,(H,21,23). The van der Waals surface area contributed by atoms with Gasteiger partial charge in [-0.05, 0) is 50.5 Å². The summed E-state index contributed by atoms with van der Waals surface area (Å²) in [5, 5.41) is 2.56. The van der Waals surface area contributed by atoms with Crippen LogP contribution in [0.1, 0.15) is 46.2 Å². The average Bonchev–Trinajstić information content (AvgIpc) is 3.29. The highest BCUT2D eigenvalue weighted by atomic mass is 19.2. The summed E-state index contributed by atoms with van der Waals surface area (Å²) in [5.41, 5.74) is 2.62. The molecule has 0 bridgehead atoms. The minimum Gasteiger partial charge on any atom is -0.348 e. The van der Waals surface area contributed by atoms with E-state index < -0.39 is 28.9 Å². The Kier molecular flexibility index (Phi) is 3.92. The van der Waals surface area contributed by atoms with E-state index in [9.17, 15) is 18.0 Å². The smallest absolute Gasteiger partial charge is 0.254 e. The molecule has 1 heterocycles. The first-order valence-corrected chi connectivity index (χ1v) is 7.49. The highest BCUT2D eigenvalue weighted by molar-refractivity contribution is 5.94. The first-order valence-electron chi connectivity index (χ1n) is 7.49. The van der Waals surface area contributed by atoms with Gasteiger partial charge < -0.3 is 9.88 Å². The number of carbonyl (C=O) groups is 1. The van der Waals surface area contributed by atoms with E-state index in [2.05, 4.69) is 9.88 Å². The van der Waals surface area contributed by atoms with Crippen LogP contribution in [-0.4, -0.2) is 10.5 Å². The van der Waals surface area contributed by atoms with Crippen molar-refractivity contribution < 1.29 is 18.0 Å². The third-order valence-corrected chi connectivity index (χ3v) is 4.22. The van der Waals surface area contributed by atoms with E-state index in [1.807, 2.05) is 19.9 Å². The van der Waals surface area contributed by atoms with Gasteiger partial charge in [0.2, 0.25) is 0 Å². The fourth-order valence-corrected chi connectivity index (χ4v) is 2.89. The lowest BCUT2D eigenvalue weighted by atomic mass is 10.1. The second kappa shape index (κ2) is 5.76. The van der Waals surface area contributed by atoms with Crippen LogP contribution in [-0.2, 0) is 6.54 Å². The molecule has 0 spiro atoms. The van der Waals surface area contributed by atoms with E-state index in [4.69, 9.17) is 0 Å². The van der Waals surface area contributed by atoms with E-state index in [1.54, 1.807) is 0 Å². The molecule has 1 aromatic carbocycles. The number of aromatic nitrogens is 1. The van der Waals surface area contributed by atoms with Crippen molar-refractivity contribution in [2.75, 3.05) is 0 Å². The van der Waals surface area contributed by atoms with E-state index in [-0.39, 0.29) is 6.54 Å². The molecule has 1 amide bonds. The predicted molar refractivity (Wildman–Crippen MR) is 79.7 cm³/mol. The Labute approximate surface area is 132 Å². The van der Waals surface area contributed by atoms with Crippen molar-refractivity contribution in [2.45, 2.75) is 39.3 Å². The van der Waals surface area contributed by atoms with Gasteiger partial charge in [0, 0.05) is 24.0 Å². The van der Waals surface area contributed by atoms with Crippen LogP contribution in [0.5, 0.6) is 0 Å². The zero-order chi connectivity index (χ0) is 16.7. The third kappa shape index (κ3) is 2.85. The molecule has 3 rings (SSSR count). The summed E-state index contributed by atoms with van der Waals surface area (Å²) >= 11 is 0. The zero-order valence-electron chi connectivity index (χ0n) is 12.9. The molecule has 1 N–H and O–H groups in total. The van der Waals surface area contributed by atoms with E-state index in [1.165, 1.54) is 0 Å². The highest BCUT2D eigenvalue weighted by Gasteiger charge is 2.27. The molecule has 1 aliphatic carbocycles. The lowest BCUT2D eigenvalue weighted by Gasteiger charge is -2.09. The lowest BCUT2D eigenvalue weighted by Crippen LogP contribution is -2.24. The molecule has 0 aliphatic heterocycles. The number of hydrogen-bond acceptors (Lipinski definition) is 1. The van der Waals surface area contributed by atoms with Gasteiger partial charge in [0.15, 0.2) is 17.5 Å². The fourth-order valence-electron chi connectivity index (χ4n) is 2.89. The number of halogens is 3. The molecule has 0 unspecified atom stereocenters. The predicted octanol–water partition coefficient (Wildman–Crippen LogP) is 3.79. The summed E-state index contributed by atoms with van der Waals surface area (Å²) in [6.45, 7) is 4.19. The van der Waals surface area contributed by atoms with Crippen LogP contribution < -0.4 is 5.32 Å². The van der Waals surface area contributed by atoms with Crippen molar-refractivity contribution in [2.24, 2.45) is 0 Å². The van der Waals surface area contributed by atoms with Gasteiger partial charge in [-0.1, -0.05) is 0 Å². The average molecular weight is 322 g/mol. The molecule has 23 heavy (non-hydrogen) atoms. The van der Waals surface area contributed by atoms with Gasteiger partial charge in [-0.25, -0.2) is 13.2 Å². The first kappa shape index (κ1) is 15.6. The number of rotatable bonds is 4. The highest BCUT2D eigenvalue weighted by Crippen LogP contribution is 2.38. The van der Waals surface area contributed by atoms with Gasteiger partial charge in [0.25, 0.3) is 5.91 Å². The summed E-state index contributed by atoms with van der Waals surface area (Å²) < 4.78 is 42.0. The van der Waals surface area contributed by atoms with Gasteiger partial charge in [-0.2, -0.15) is 0 Å². The van der Waals surface area contributed by atoms with Crippen molar-refractivity contribution >= 4 is 5.91 Å². The van der Waals surface area contributed by atoms with Crippen LogP contribution >= 0.6 is 0 Å². The minimum atomic E-state index is -1.63. The molecular weight excluding hydrogens is 305 g/mol. The molecule has 1 aromatic heterocycles. The Morgan fingerprint density at radius 1 is 1.22 bits per heavy atom. The Balaban J connectivity index is 1.75. The second-order valence-corrected chi connectivity index (χ2v) is 5.90. The largest absolute Gasteiger partial charge is 0.348 e. The first-order chi connectivity index (χ1) is 10.9. The summed E-state index contributed by atoms with van der Waals surface area (Å²) in [5.74, 6) is -5.18. The maximum Gasteiger partial charge on any atom is 0.254 e. The van der Waals surface area contributed by atoms with Crippen molar-refractivity contribution in [3.05, 3.63) is 58.2 Å². The monoisotopic (exact) mass is 322 g/mol. The van der Waals surface area contributed by atoms with E-state index in [0.29, 0.717) is 6.04 Å². The Hall–Kier alpha value is -2.24. The number of carbonyl (C=O) groups excluding carboxylic acids is 1. The van der Waals surface area contributed by atoms with Gasteiger partial charge in [-0.3, -0.25) is 4.79 Å². The molecule has 0 saturated heterocycles. The van der Waals surface area contributed by atoms with Crippen LogP contribution in [0.25, 0.3) is 0 Å². The number of benzene rings is 1. The van der Waals surface area contributed by atoms with E-state index >= 15 is 0 Å². The normalized spacial score (nSPS) is 14.1. The number of nitrogens with zero attached hydrogens (tertiary/aromatic N) is 1. The van der Waals surface area contributed by atoms with E-state index in [0.717, 1.165) is 41.9 Å². The van der Waals surface area contributed by atoms with Gasteiger partial charge >= 0.3 is 0 Å². The third-order valence-electron chi connectivity index (χ3n) is 4.22. The van der Waals surface area contributed by atoms with Crippen molar-refractivity contribution in [1.29, 1.82) is 0 Å². The Morgan fingerprint density at radius 3 is 2.57 bits per heavy atom. The Bertz CT molecular complexity index is 779. The second-order valence-electron chi connectivity index (χ2n) is 5.90. The molecule has 6 heteroatoms. The molecule has 0 atom stereocenters. The molecule has 1 fully saturated rings. The molecular formula is C17H17F3N2O.